The first-order valence-electron chi connectivity index (χ1n) is 8.70. The summed E-state index contributed by atoms with van der Waals surface area (Å²) in [5.41, 5.74) is 0.304. The second-order valence-electron chi connectivity index (χ2n) is 6.33. The molecular formula is C20H18F4N2O2. The maximum atomic E-state index is 13.8. The fourth-order valence-electron chi connectivity index (χ4n) is 3.04. The third-order valence-corrected chi connectivity index (χ3v) is 4.36. The zero-order valence-corrected chi connectivity index (χ0v) is 15.1. The molecule has 0 spiro atoms. The average Bonchev–Trinajstić information content (AvgIpc) is 2.66. The minimum atomic E-state index is -4.21. The van der Waals surface area contributed by atoms with E-state index < -0.39 is 23.8 Å². The molecule has 0 aliphatic carbocycles. The Morgan fingerprint density at radius 2 is 1.86 bits per heavy atom. The van der Waals surface area contributed by atoms with Gasteiger partial charge in [-0.1, -0.05) is 12.1 Å². The number of nitrogens with zero attached hydrogens (tertiary/aromatic N) is 2. The molecular weight excluding hydrogens is 376 g/mol. The first-order chi connectivity index (χ1) is 13.3. The Labute approximate surface area is 158 Å². The number of fused-ring (bicyclic) bond motifs is 1. The summed E-state index contributed by atoms with van der Waals surface area (Å²) >= 11 is 0. The maximum Gasteiger partial charge on any atom is 0.389 e. The molecule has 0 unspecified atom stereocenters. The van der Waals surface area contributed by atoms with Crippen molar-refractivity contribution in [2.45, 2.75) is 32.0 Å². The monoisotopic (exact) mass is 394 g/mol. The van der Waals surface area contributed by atoms with Crippen molar-refractivity contribution in [2.75, 3.05) is 7.11 Å². The molecule has 0 amide bonds. The van der Waals surface area contributed by atoms with Crippen LogP contribution >= 0.6 is 0 Å². The standard InChI is InChI=1S/C20H18F4N2O2/c1-28-17-9-8-13(21)12-15(17)18-19(27)14-6-2-3-7-16(14)26(25-18)11-5-4-10-20(22,23)24/h2-3,6-9,12H,4-5,10-11H2,1H3. The maximum absolute atomic E-state index is 13.8. The molecule has 0 N–H and O–H groups in total. The van der Waals surface area contributed by atoms with Crippen LogP contribution in [0.3, 0.4) is 0 Å². The van der Waals surface area contributed by atoms with Gasteiger partial charge in [0.25, 0.3) is 0 Å². The molecule has 1 heterocycles. The van der Waals surface area contributed by atoms with E-state index in [0.717, 1.165) is 6.07 Å². The minimum Gasteiger partial charge on any atom is -0.496 e. The molecule has 0 aliphatic heterocycles. The van der Waals surface area contributed by atoms with Gasteiger partial charge in [-0.3, -0.25) is 9.48 Å². The van der Waals surface area contributed by atoms with E-state index in [4.69, 9.17) is 4.74 Å². The van der Waals surface area contributed by atoms with Gasteiger partial charge in [0.15, 0.2) is 0 Å². The van der Waals surface area contributed by atoms with E-state index in [0.29, 0.717) is 10.9 Å². The first kappa shape index (κ1) is 19.9. The van der Waals surface area contributed by atoms with E-state index in [2.05, 4.69) is 5.10 Å². The molecule has 0 saturated heterocycles. The molecule has 8 heteroatoms. The Balaban J connectivity index is 2.06. The highest BCUT2D eigenvalue weighted by molar-refractivity contribution is 5.83. The molecule has 4 nitrogen and oxygen atoms in total. The van der Waals surface area contributed by atoms with Gasteiger partial charge in [0, 0.05) is 18.4 Å². The van der Waals surface area contributed by atoms with Gasteiger partial charge in [-0.25, -0.2) is 4.39 Å². The number of aromatic nitrogens is 2. The van der Waals surface area contributed by atoms with E-state index in [1.807, 2.05) is 0 Å². The first-order valence-corrected chi connectivity index (χ1v) is 8.70. The van der Waals surface area contributed by atoms with Gasteiger partial charge in [0.2, 0.25) is 5.43 Å². The minimum absolute atomic E-state index is 0.00845. The number of methoxy groups -OCH3 is 1. The molecule has 28 heavy (non-hydrogen) atoms. The molecule has 0 saturated carbocycles. The van der Waals surface area contributed by atoms with Crippen LogP contribution in [-0.4, -0.2) is 23.1 Å². The van der Waals surface area contributed by atoms with Gasteiger partial charge >= 0.3 is 6.18 Å². The Morgan fingerprint density at radius 1 is 1.11 bits per heavy atom. The normalized spacial score (nSPS) is 11.8. The molecule has 0 fully saturated rings. The quantitative estimate of drug-likeness (QED) is 0.439. The van der Waals surface area contributed by atoms with Gasteiger partial charge in [-0.2, -0.15) is 18.3 Å². The lowest BCUT2D eigenvalue weighted by atomic mass is 10.1. The van der Waals surface area contributed by atoms with Crippen molar-refractivity contribution in [2.24, 2.45) is 0 Å². The Bertz CT molecular complexity index is 1040. The van der Waals surface area contributed by atoms with Crippen LogP contribution in [0.4, 0.5) is 17.6 Å². The number of alkyl halides is 3. The number of benzene rings is 2. The van der Waals surface area contributed by atoms with Gasteiger partial charge < -0.3 is 4.74 Å². The van der Waals surface area contributed by atoms with Crippen molar-refractivity contribution in [3.05, 3.63) is 58.5 Å². The highest BCUT2D eigenvalue weighted by Crippen LogP contribution is 2.28. The number of unbranched alkanes of at least 4 members (excludes halogenated alkanes) is 1. The van der Waals surface area contributed by atoms with Crippen LogP contribution in [0.1, 0.15) is 19.3 Å². The summed E-state index contributed by atoms with van der Waals surface area (Å²) in [6.07, 6.45) is -4.90. The Morgan fingerprint density at radius 3 is 2.57 bits per heavy atom. The summed E-state index contributed by atoms with van der Waals surface area (Å²) < 4.78 is 57.6. The van der Waals surface area contributed by atoms with Gasteiger partial charge in [0.05, 0.1) is 18.2 Å². The third kappa shape index (κ3) is 4.32. The molecule has 0 bridgehead atoms. The van der Waals surface area contributed by atoms with Crippen LogP contribution in [-0.2, 0) is 6.54 Å². The summed E-state index contributed by atoms with van der Waals surface area (Å²) in [5, 5.41) is 4.69. The number of para-hydroxylation sites is 1. The second-order valence-corrected chi connectivity index (χ2v) is 6.33. The van der Waals surface area contributed by atoms with Crippen molar-refractivity contribution >= 4 is 10.9 Å². The van der Waals surface area contributed by atoms with Crippen molar-refractivity contribution < 1.29 is 22.3 Å². The van der Waals surface area contributed by atoms with Crippen LogP contribution < -0.4 is 10.2 Å². The van der Waals surface area contributed by atoms with E-state index >= 15 is 0 Å². The second kappa shape index (κ2) is 8.00. The lowest BCUT2D eigenvalue weighted by molar-refractivity contribution is -0.135. The number of hydrogen-bond donors (Lipinski definition) is 0. The average molecular weight is 394 g/mol. The summed E-state index contributed by atoms with van der Waals surface area (Å²) in [7, 11) is 1.40. The van der Waals surface area contributed by atoms with Gasteiger partial charge in [-0.05, 0) is 43.2 Å². The van der Waals surface area contributed by atoms with Crippen LogP contribution in [0, 0.1) is 5.82 Å². The largest absolute Gasteiger partial charge is 0.496 e. The fraction of sp³-hybridized carbons (Fsp3) is 0.300. The number of aryl methyl sites for hydroxylation is 1. The molecule has 3 aromatic rings. The summed E-state index contributed by atoms with van der Waals surface area (Å²) in [6, 6.07) is 10.5. The van der Waals surface area contributed by atoms with Crippen molar-refractivity contribution in [1.82, 2.24) is 9.78 Å². The fourth-order valence-corrected chi connectivity index (χ4v) is 3.04. The van der Waals surface area contributed by atoms with E-state index in [1.54, 1.807) is 24.3 Å². The van der Waals surface area contributed by atoms with Crippen molar-refractivity contribution in [3.8, 4) is 17.0 Å². The molecule has 2 aromatic carbocycles. The van der Waals surface area contributed by atoms with Crippen LogP contribution in [0.5, 0.6) is 5.75 Å². The molecule has 0 radical (unpaired) electrons. The van der Waals surface area contributed by atoms with Gasteiger partial charge in [-0.15, -0.1) is 0 Å². The molecule has 3 rings (SSSR count). The number of ether oxygens (including phenoxy) is 1. The lowest BCUT2D eigenvalue weighted by Crippen LogP contribution is -2.17. The lowest BCUT2D eigenvalue weighted by Gasteiger charge is -2.14. The van der Waals surface area contributed by atoms with Crippen LogP contribution in [0.25, 0.3) is 22.2 Å². The summed E-state index contributed by atoms with van der Waals surface area (Å²) in [6.45, 7) is 0.196. The third-order valence-electron chi connectivity index (χ3n) is 4.36. The molecule has 1 aromatic heterocycles. The number of hydrogen-bond acceptors (Lipinski definition) is 3. The molecule has 0 atom stereocenters. The highest BCUT2D eigenvalue weighted by Gasteiger charge is 2.26. The summed E-state index contributed by atoms with van der Waals surface area (Å²) in [4.78, 5) is 12.9. The zero-order valence-electron chi connectivity index (χ0n) is 15.1. The molecule has 0 aliphatic rings. The Kier molecular flexibility index (Phi) is 5.67. The van der Waals surface area contributed by atoms with E-state index in [-0.39, 0.29) is 36.4 Å². The topological polar surface area (TPSA) is 44.1 Å². The van der Waals surface area contributed by atoms with Crippen LogP contribution in [0.15, 0.2) is 47.3 Å². The smallest absolute Gasteiger partial charge is 0.389 e. The number of rotatable bonds is 6. The van der Waals surface area contributed by atoms with Crippen LogP contribution in [0.2, 0.25) is 0 Å². The predicted octanol–water partition coefficient (Wildman–Crippen LogP) is 4.94. The van der Waals surface area contributed by atoms with E-state index in [9.17, 15) is 22.4 Å². The van der Waals surface area contributed by atoms with Crippen molar-refractivity contribution in [3.63, 3.8) is 0 Å². The predicted molar refractivity (Wildman–Crippen MR) is 97.9 cm³/mol. The molecule has 148 valence electrons. The zero-order chi connectivity index (χ0) is 20.3. The SMILES string of the molecule is COc1ccc(F)cc1-c1nn(CCCCC(F)(F)F)c2ccccc2c1=O. The Hall–Kier alpha value is -2.90. The highest BCUT2D eigenvalue weighted by atomic mass is 19.4. The van der Waals surface area contributed by atoms with Gasteiger partial charge in [0.1, 0.15) is 17.3 Å². The number of halogens is 4. The van der Waals surface area contributed by atoms with E-state index in [1.165, 1.54) is 23.9 Å². The van der Waals surface area contributed by atoms with Crippen molar-refractivity contribution in [1.29, 1.82) is 0 Å². The summed E-state index contributed by atoms with van der Waals surface area (Å²) in [5.74, 6) is -0.271.